The quantitative estimate of drug-likeness (QED) is 0.500. The molecule has 1 aliphatic heterocycles. The van der Waals surface area contributed by atoms with E-state index < -0.39 is 0 Å². The van der Waals surface area contributed by atoms with Crippen molar-refractivity contribution in [3.63, 3.8) is 0 Å². The molecule has 0 unspecified atom stereocenters. The maximum absolute atomic E-state index is 5.73. The molecule has 1 spiro atoms. The van der Waals surface area contributed by atoms with E-state index in [0.29, 0.717) is 5.60 Å². The summed E-state index contributed by atoms with van der Waals surface area (Å²) in [6.45, 7) is 0.903. The third-order valence-electron chi connectivity index (χ3n) is 2.79. The summed E-state index contributed by atoms with van der Waals surface area (Å²) in [6.07, 6.45) is 10.3. The van der Waals surface area contributed by atoms with Gasteiger partial charge in [0.1, 0.15) is 0 Å². The molecule has 0 N–H and O–H groups in total. The Morgan fingerprint density at radius 1 is 1.10 bits per heavy atom. The summed E-state index contributed by atoms with van der Waals surface area (Å²) in [7, 11) is 0. The van der Waals surface area contributed by atoms with Gasteiger partial charge < -0.3 is 4.74 Å². The molecule has 2 aliphatic rings. The Balaban J connectivity index is 1.98. The predicted molar refractivity (Wildman–Crippen MR) is 40.7 cm³/mol. The van der Waals surface area contributed by atoms with E-state index in [2.05, 4.69) is 6.42 Å². The highest BCUT2D eigenvalue weighted by molar-refractivity contribution is 4.94. The molecule has 0 bridgehead atoms. The summed E-state index contributed by atoms with van der Waals surface area (Å²) < 4.78 is 5.73. The SMILES string of the molecule is [CH]1COC2(C1)CCCCC2. The van der Waals surface area contributed by atoms with Crippen molar-refractivity contribution in [1.82, 2.24) is 0 Å². The molecule has 2 fully saturated rings. The van der Waals surface area contributed by atoms with E-state index in [0.717, 1.165) is 6.61 Å². The van der Waals surface area contributed by atoms with Crippen molar-refractivity contribution >= 4 is 0 Å². The fourth-order valence-electron chi connectivity index (χ4n) is 2.16. The molecule has 1 radical (unpaired) electrons. The van der Waals surface area contributed by atoms with Crippen LogP contribution in [0.5, 0.6) is 0 Å². The number of hydrogen-bond acceptors (Lipinski definition) is 1. The van der Waals surface area contributed by atoms with Gasteiger partial charge >= 0.3 is 0 Å². The summed E-state index contributed by atoms with van der Waals surface area (Å²) in [4.78, 5) is 0. The van der Waals surface area contributed by atoms with Gasteiger partial charge in [-0.05, 0) is 25.7 Å². The zero-order valence-corrected chi connectivity index (χ0v) is 6.44. The summed E-state index contributed by atoms with van der Waals surface area (Å²) in [6, 6.07) is 0. The van der Waals surface area contributed by atoms with E-state index in [1.54, 1.807) is 0 Å². The van der Waals surface area contributed by atoms with Crippen molar-refractivity contribution in [1.29, 1.82) is 0 Å². The Morgan fingerprint density at radius 2 is 1.90 bits per heavy atom. The minimum atomic E-state index is 0.318. The molecule has 1 heteroatoms. The molecule has 0 atom stereocenters. The third-order valence-corrected chi connectivity index (χ3v) is 2.79. The van der Waals surface area contributed by atoms with Gasteiger partial charge in [0, 0.05) is 0 Å². The van der Waals surface area contributed by atoms with Gasteiger partial charge in [-0.1, -0.05) is 19.3 Å². The lowest BCUT2D eigenvalue weighted by molar-refractivity contribution is -0.0239. The molecule has 1 saturated heterocycles. The zero-order chi connectivity index (χ0) is 6.86. The van der Waals surface area contributed by atoms with Crippen molar-refractivity contribution in [2.45, 2.75) is 44.1 Å². The third kappa shape index (κ3) is 1.07. The Labute approximate surface area is 62.8 Å². The second-order valence-corrected chi connectivity index (χ2v) is 3.55. The van der Waals surface area contributed by atoms with Crippen LogP contribution in [-0.2, 0) is 4.74 Å². The average molecular weight is 139 g/mol. The Bertz CT molecular complexity index is 106. The highest BCUT2D eigenvalue weighted by atomic mass is 16.5. The number of hydrogen-bond donors (Lipinski definition) is 0. The fraction of sp³-hybridized carbons (Fsp3) is 0.889. The minimum Gasteiger partial charge on any atom is -0.375 e. The van der Waals surface area contributed by atoms with E-state index in [9.17, 15) is 0 Å². The molecule has 0 aromatic carbocycles. The van der Waals surface area contributed by atoms with Crippen LogP contribution >= 0.6 is 0 Å². The van der Waals surface area contributed by atoms with Gasteiger partial charge in [0.15, 0.2) is 0 Å². The van der Waals surface area contributed by atoms with Crippen LogP contribution in [0.15, 0.2) is 0 Å². The first-order chi connectivity index (χ1) is 4.91. The average Bonchev–Trinajstić information content (AvgIpc) is 2.39. The van der Waals surface area contributed by atoms with Crippen LogP contribution in [0.25, 0.3) is 0 Å². The standard InChI is InChI=1S/C9H15O/c1-2-5-9(6-3-1)7-4-8-10-9/h4H,1-3,5-8H2. The monoisotopic (exact) mass is 139 g/mol. The van der Waals surface area contributed by atoms with Gasteiger partial charge in [0.2, 0.25) is 0 Å². The Kier molecular flexibility index (Phi) is 1.69. The molecule has 0 aromatic rings. The lowest BCUT2D eigenvalue weighted by Crippen LogP contribution is -2.30. The molecular formula is C9H15O. The van der Waals surface area contributed by atoms with Crippen LogP contribution in [-0.4, -0.2) is 12.2 Å². The maximum Gasteiger partial charge on any atom is 0.0686 e. The van der Waals surface area contributed by atoms with Crippen molar-refractivity contribution < 1.29 is 4.74 Å². The molecule has 0 aromatic heterocycles. The fourth-order valence-corrected chi connectivity index (χ4v) is 2.16. The molecule has 57 valence electrons. The molecule has 1 nitrogen and oxygen atoms in total. The van der Waals surface area contributed by atoms with Crippen LogP contribution in [0.3, 0.4) is 0 Å². The second-order valence-electron chi connectivity index (χ2n) is 3.55. The summed E-state index contributed by atoms with van der Waals surface area (Å²) in [5.74, 6) is 0. The van der Waals surface area contributed by atoms with Crippen LogP contribution < -0.4 is 0 Å². The summed E-state index contributed by atoms with van der Waals surface area (Å²) >= 11 is 0. The minimum absolute atomic E-state index is 0.318. The van der Waals surface area contributed by atoms with Gasteiger partial charge in [-0.3, -0.25) is 0 Å². The normalized spacial score (nSPS) is 31.2. The van der Waals surface area contributed by atoms with Crippen LogP contribution in [0.1, 0.15) is 38.5 Å². The van der Waals surface area contributed by atoms with Gasteiger partial charge in [-0.15, -0.1) is 0 Å². The van der Waals surface area contributed by atoms with Crippen molar-refractivity contribution in [2.24, 2.45) is 0 Å². The molecular weight excluding hydrogens is 124 g/mol. The highest BCUT2D eigenvalue weighted by Gasteiger charge is 2.35. The first kappa shape index (κ1) is 6.66. The van der Waals surface area contributed by atoms with Gasteiger partial charge in [0.25, 0.3) is 0 Å². The largest absolute Gasteiger partial charge is 0.375 e. The van der Waals surface area contributed by atoms with Gasteiger partial charge in [-0.2, -0.15) is 0 Å². The van der Waals surface area contributed by atoms with Crippen LogP contribution in [0.4, 0.5) is 0 Å². The van der Waals surface area contributed by atoms with Gasteiger partial charge in [-0.25, -0.2) is 0 Å². The Hall–Kier alpha value is -0.0400. The number of rotatable bonds is 0. The van der Waals surface area contributed by atoms with E-state index in [1.807, 2.05) is 0 Å². The summed E-state index contributed by atoms with van der Waals surface area (Å²) in [5, 5.41) is 0. The van der Waals surface area contributed by atoms with E-state index in [4.69, 9.17) is 4.74 Å². The zero-order valence-electron chi connectivity index (χ0n) is 6.44. The van der Waals surface area contributed by atoms with Crippen LogP contribution in [0.2, 0.25) is 0 Å². The first-order valence-corrected chi connectivity index (χ1v) is 4.37. The topological polar surface area (TPSA) is 9.23 Å². The van der Waals surface area contributed by atoms with Crippen molar-refractivity contribution in [2.75, 3.05) is 6.61 Å². The number of ether oxygens (including phenoxy) is 1. The van der Waals surface area contributed by atoms with Gasteiger partial charge in [0.05, 0.1) is 12.2 Å². The summed E-state index contributed by atoms with van der Waals surface area (Å²) in [5.41, 5.74) is 0.318. The predicted octanol–water partition coefficient (Wildman–Crippen LogP) is 2.31. The molecule has 1 aliphatic carbocycles. The van der Waals surface area contributed by atoms with E-state index in [-0.39, 0.29) is 0 Å². The lowest BCUT2D eigenvalue weighted by Gasteiger charge is -2.32. The molecule has 2 rings (SSSR count). The van der Waals surface area contributed by atoms with Crippen molar-refractivity contribution in [3.05, 3.63) is 6.42 Å². The lowest BCUT2D eigenvalue weighted by atomic mass is 9.83. The Morgan fingerprint density at radius 3 is 2.50 bits per heavy atom. The first-order valence-electron chi connectivity index (χ1n) is 4.37. The van der Waals surface area contributed by atoms with E-state index >= 15 is 0 Å². The molecule has 1 heterocycles. The maximum atomic E-state index is 5.73. The highest BCUT2D eigenvalue weighted by Crippen LogP contribution is 2.38. The molecule has 0 amide bonds. The second kappa shape index (κ2) is 2.54. The van der Waals surface area contributed by atoms with Crippen molar-refractivity contribution in [3.8, 4) is 0 Å². The molecule has 1 saturated carbocycles. The molecule has 10 heavy (non-hydrogen) atoms. The smallest absolute Gasteiger partial charge is 0.0686 e. The van der Waals surface area contributed by atoms with E-state index in [1.165, 1.54) is 38.5 Å². The van der Waals surface area contributed by atoms with Crippen LogP contribution in [0, 0.1) is 6.42 Å².